The van der Waals surface area contributed by atoms with Crippen LogP contribution < -0.4 is 5.32 Å². The summed E-state index contributed by atoms with van der Waals surface area (Å²) in [5.74, 6) is 1.56. The fraction of sp³-hybridized carbons (Fsp3) is 0.294. The summed E-state index contributed by atoms with van der Waals surface area (Å²) in [7, 11) is 0. The Morgan fingerprint density at radius 2 is 1.95 bits per heavy atom. The number of carbonyl (C=O) groups is 2. The van der Waals surface area contributed by atoms with Crippen molar-refractivity contribution < 1.29 is 9.59 Å². The molecule has 116 valence electrons. The van der Waals surface area contributed by atoms with E-state index in [0.29, 0.717) is 17.8 Å². The number of H-pyrrole nitrogens is 1. The van der Waals surface area contributed by atoms with Gasteiger partial charge in [-0.05, 0) is 25.5 Å². The van der Waals surface area contributed by atoms with E-state index in [0.717, 1.165) is 11.5 Å². The first-order valence-electron chi connectivity index (χ1n) is 7.17. The second-order valence-electron chi connectivity index (χ2n) is 5.15. The van der Waals surface area contributed by atoms with Gasteiger partial charge >= 0.3 is 0 Å². The van der Waals surface area contributed by atoms with Crippen LogP contribution in [0, 0.1) is 6.92 Å². The minimum absolute atomic E-state index is 0.0519. The van der Waals surface area contributed by atoms with Gasteiger partial charge in [-0.25, -0.2) is 0 Å². The molecule has 4 nitrogen and oxygen atoms in total. The number of thioether (sulfide) groups is 1. The lowest BCUT2D eigenvalue weighted by Gasteiger charge is -2.04. The zero-order valence-electron chi connectivity index (χ0n) is 12.8. The summed E-state index contributed by atoms with van der Waals surface area (Å²) in [6.07, 6.45) is 1.56. The van der Waals surface area contributed by atoms with Crippen molar-refractivity contribution in [1.29, 1.82) is 0 Å². The third-order valence-electron chi connectivity index (χ3n) is 3.26. The highest BCUT2D eigenvalue weighted by molar-refractivity contribution is 7.98. The summed E-state index contributed by atoms with van der Waals surface area (Å²) in [6, 6.07) is 10.1. The molecule has 0 spiro atoms. The zero-order valence-corrected chi connectivity index (χ0v) is 13.6. The number of amides is 1. The van der Waals surface area contributed by atoms with E-state index >= 15 is 0 Å². The van der Waals surface area contributed by atoms with Crippen LogP contribution in [0.4, 0.5) is 0 Å². The van der Waals surface area contributed by atoms with Crippen molar-refractivity contribution in [2.45, 2.75) is 19.6 Å². The van der Waals surface area contributed by atoms with Gasteiger partial charge in [0.05, 0.1) is 0 Å². The van der Waals surface area contributed by atoms with Crippen LogP contribution >= 0.6 is 11.8 Å². The second kappa shape index (κ2) is 7.84. The summed E-state index contributed by atoms with van der Waals surface area (Å²) in [5.41, 5.74) is 3.50. The molecule has 1 amide bonds. The molecular formula is C17H20N2O2S. The van der Waals surface area contributed by atoms with E-state index < -0.39 is 0 Å². The average Bonchev–Trinajstić information content (AvgIpc) is 2.99. The molecule has 0 unspecified atom stereocenters. The standard InChI is InChI=1S/C17H20N2O2S/c1-12-3-5-14(6-4-12)11-22-8-7-18-17(21)16-9-15(10-19-16)13(2)20/h3-6,9-10,19H,7-8,11H2,1-2H3,(H,18,21). The van der Waals surface area contributed by atoms with E-state index in [1.54, 1.807) is 24.0 Å². The van der Waals surface area contributed by atoms with Crippen LogP contribution in [0.3, 0.4) is 0 Å². The molecule has 2 rings (SSSR count). The van der Waals surface area contributed by atoms with Gasteiger partial charge < -0.3 is 10.3 Å². The molecule has 0 aliphatic carbocycles. The number of nitrogens with one attached hydrogen (secondary N) is 2. The molecular weight excluding hydrogens is 296 g/mol. The third-order valence-corrected chi connectivity index (χ3v) is 4.29. The highest BCUT2D eigenvalue weighted by Gasteiger charge is 2.09. The molecule has 0 atom stereocenters. The second-order valence-corrected chi connectivity index (χ2v) is 6.26. The van der Waals surface area contributed by atoms with Crippen molar-refractivity contribution in [3.05, 3.63) is 58.9 Å². The monoisotopic (exact) mass is 316 g/mol. The Balaban J connectivity index is 1.68. The van der Waals surface area contributed by atoms with Crippen molar-refractivity contribution in [1.82, 2.24) is 10.3 Å². The third kappa shape index (κ3) is 4.77. The molecule has 1 heterocycles. The molecule has 2 N–H and O–H groups in total. The number of aryl methyl sites for hydroxylation is 1. The summed E-state index contributed by atoms with van der Waals surface area (Å²) >= 11 is 1.78. The minimum Gasteiger partial charge on any atom is -0.356 e. The van der Waals surface area contributed by atoms with E-state index in [1.165, 1.54) is 18.1 Å². The van der Waals surface area contributed by atoms with Gasteiger partial charge in [-0.15, -0.1) is 0 Å². The molecule has 0 aliphatic rings. The minimum atomic E-state index is -0.177. The summed E-state index contributed by atoms with van der Waals surface area (Å²) in [5, 5.41) is 2.84. The van der Waals surface area contributed by atoms with Gasteiger partial charge in [0.15, 0.2) is 5.78 Å². The van der Waals surface area contributed by atoms with Crippen LogP contribution in [0.2, 0.25) is 0 Å². The lowest BCUT2D eigenvalue weighted by molar-refractivity contribution is 0.0951. The number of hydrogen-bond acceptors (Lipinski definition) is 3. The molecule has 1 aromatic carbocycles. The van der Waals surface area contributed by atoms with Crippen molar-refractivity contribution in [3.8, 4) is 0 Å². The molecule has 0 radical (unpaired) electrons. The molecule has 0 aliphatic heterocycles. The first-order chi connectivity index (χ1) is 10.6. The van der Waals surface area contributed by atoms with Gasteiger partial charge in [-0.3, -0.25) is 9.59 Å². The predicted molar refractivity (Wildman–Crippen MR) is 90.5 cm³/mol. The predicted octanol–water partition coefficient (Wildman–Crippen LogP) is 3.19. The van der Waals surface area contributed by atoms with E-state index in [9.17, 15) is 9.59 Å². The first kappa shape index (κ1) is 16.4. The number of aromatic amines is 1. The largest absolute Gasteiger partial charge is 0.356 e. The van der Waals surface area contributed by atoms with Gasteiger partial charge in [-0.1, -0.05) is 29.8 Å². The van der Waals surface area contributed by atoms with Crippen LogP contribution in [0.5, 0.6) is 0 Å². The van der Waals surface area contributed by atoms with Crippen LogP contribution in [-0.4, -0.2) is 29.0 Å². The van der Waals surface area contributed by atoms with Crippen LogP contribution in [0.25, 0.3) is 0 Å². The Hall–Kier alpha value is -2.01. The van der Waals surface area contributed by atoms with Crippen molar-refractivity contribution in [3.63, 3.8) is 0 Å². The molecule has 0 saturated carbocycles. The highest BCUT2D eigenvalue weighted by atomic mass is 32.2. The first-order valence-corrected chi connectivity index (χ1v) is 8.32. The number of hydrogen-bond donors (Lipinski definition) is 2. The topological polar surface area (TPSA) is 62.0 Å². The average molecular weight is 316 g/mol. The van der Waals surface area contributed by atoms with E-state index in [-0.39, 0.29) is 11.7 Å². The Morgan fingerprint density at radius 3 is 2.59 bits per heavy atom. The van der Waals surface area contributed by atoms with Gasteiger partial charge in [0.25, 0.3) is 5.91 Å². The highest BCUT2D eigenvalue weighted by Crippen LogP contribution is 2.12. The van der Waals surface area contributed by atoms with Gasteiger partial charge in [0.2, 0.25) is 0 Å². The van der Waals surface area contributed by atoms with E-state index in [4.69, 9.17) is 0 Å². The zero-order chi connectivity index (χ0) is 15.9. The molecule has 0 saturated heterocycles. The lowest BCUT2D eigenvalue weighted by atomic mass is 10.2. The van der Waals surface area contributed by atoms with Crippen molar-refractivity contribution >= 4 is 23.5 Å². The number of aromatic nitrogens is 1. The number of benzene rings is 1. The fourth-order valence-corrected chi connectivity index (χ4v) is 2.75. The van der Waals surface area contributed by atoms with Crippen molar-refractivity contribution in [2.24, 2.45) is 0 Å². The normalized spacial score (nSPS) is 10.5. The molecule has 22 heavy (non-hydrogen) atoms. The molecule has 0 bridgehead atoms. The van der Waals surface area contributed by atoms with Crippen LogP contribution in [-0.2, 0) is 5.75 Å². The quantitative estimate of drug-likeness (QED) is 0.609. The fourth-order valence-electron chi connectivity index (χ4n) is 1.93. The summed E-state index contributed by atoms with van der Waals surface area (Å²) in [4.78, 5) is 25.9. The summed E-state index contributed by atoms with van der Waals surface area (Å²) in [6.45, 7) is 4.15. The Bertz CT molecular complexity index is 647. The Kier molecular flexibility index (Phi) is 5.83. The SMILES string of the molecule is CC(=O)c1c[nH]c(C(=O)NCCSCc2ccc(C)cc2)c1. The van der Waals surface area contributed by atoms with Gasteiger partial charge in [-0.2, -0.15) is 11.8 Å². The number of rotatable bonds is 7. The van der Waals surface area contributed by atoms with Gasteiger partial charge in [0.1, 0.15) is 5.69 Å². The maximum Gasteiger partial charge on any atom is 0.267 e. The molecule has 5 heteroatoms. The Labute approximate surface area is 134 Å². The van der Waals surface area contributed by atoms with Gasteiger partial charge in [0, 0.05) is 29.8 Å². The number of Topliss-reactive ketones (excluding diaryl/α,β-unsaturated/α-hetero) is 1. The lowest BCUT2D eigenvalue weighted by Crippen LogP contribution is -2.26. The maximum atomic E-state index is 11.9. The maximum absolute atomic E-state index is 11.9. The Morgan fingerprint density at radius 1 is 1.23 bits per heavy atom. The molecule has 1 aromatic heterocycles. The summed E-state index contributed by atoms with van der Waals surface area (Å²) < 4.78 is 0. The smallest absolute Gasteiger partial charge is 0.267 e. The van der Waals surface area contributed by atoms with Crippen molar-refractivity contribution in [2.75, 3.05) is 12.3 Å². The van der Waals surface area contributed by atoms with Crippen LogP contribution in [0.15, 0.2) is 36.5 Å². The number of carbonyl (C=O) groups excluding carboxylic acids is 2. The molecule has 2 aromatic rings. The molecule has 0 fully saturated rings. The van der Waals surface area contributed by atoms with E-state index in [2.05, 4.69) is 41.5 Å². The van der Waals surface area contributed by atoms with Crippen LogP contribution in [0.1, 0.15) is 38.9 Å². The van der Waals surface area contributed by atoms with E-state index in [1.807, 2.05) is 0 Å². The number of ketones is 1.